The van der Waals surface area contributed by atoms with Crippen LogP contribution in [-0.4, -0.2) is 12.4 Å². The quantitative estimate of drug-likeness (QED) is 0.589. The van der Waals surface area contributed by atoms with Crippen LogP contribution >= 0.6 is 15.9 Å². The van der Waals surface area contributed by atoms with Crippen LogP contribution in [-0.2, 0) is 16.1 Å². The van der Waals surface area contributed by atoms with E-state index in [1.165, 1.54) is 0 Å². The molecule has 0 aromatic heterocycles. The van der Waals surface area contributed by atoms with Crippen LogP contribution < -0.4 is 15.2 Å². The highest BCUT2D eigenvalue weighted by atomic mass is 79.9. The van der Waals surface area contributed by atoms with Crippen molar-refractivity contribution in [1.29, 1.82) is 5.26 Å². The van der Waals surface area contributed by atoms with Gasteiger partial charge in [0.05, 0.1) is 17.0 Å². The van der Waals surface area contributed by atoms with Gasteiger partial charge in [-0.2, -0.15) is 5.26 Å². The molecule has 32 heavy (non-hydrogen) atoms. The fourth-order valence-corrected chi connectivity index (χ4v) is 4.65. The Kier molecular flexibility index (Phi) is 6.52. The summed E-state index contributed by atoms with van der Waals surface area (Å²) < 4.78 is 18.3. The van der Waals surface area contributed by atoms with Crippen LogP contribution in [0.4, 0.5) is 0 Å². The molecule has 2 aromatic carbocycles. The summed E-state index contributed by atoms with van der Waals surface area (Å²) in [5, 5.41) is 9.81. The van der Waals surface area contributed by atoms with E-state index in [2.05, 4.69) is 22.0 Å². The molecular weight excluding hydrogens is 472 g/mol. The van der Waals surface area contributed by atoms with Crippen molar-refractivity contribution in [2.45, 2.75) is 38.7 Å². The van der Waals surface area contributed by atoms with Crippen LogP contribution in [0.3, 0.4) is 0 Å². The maximum atomic E-state index is 12.8. The molecule has 2 aliphatic rings. The average Bonchev–Trinajstić information content (AvgIpc) is 2.78. The molecule has 0 unspecified atom stereocenters. The maximum Gasteiger partial charge on any atom is 0.205 e. The van der Waals surface area contributed by atoms with Crippen molar-refractivity contribution in [2.75, 3.05) is 6.61 Å². The van der Waals surface area contributed by atoms with Gasteiger partial charge in [-0.1, -0.05) is 30.3 Å². The van der Waals surface area contributed by atoms with Crippen LogP contribution in [0.15, 0.2) is 69.7 Å². The largest absolute Gasteiger partial charge is 0.490 e. The van der Waals surface area contributed by atoms with E-state index in [1.807, 2.05) is 49.4 Å². The Balaban J connectivity index is 1.77. The zero-order chi connectivity index (χ0) is 22.7. The van der Waals surface area contributed by atoms with Crippen molar-refractivity contribution in [2.24, 2.45) is 5.73 Å². The highest BCUT2D eigenvalue weighted by molar-refractivity contribution is 9.10. The van der Waals surface area contributed by atoms with Gasteiger partial charge in [-0.3, -0.25) is 4.79 Å². The standard InChI is InChI=1S/C25H23BrN2O4/c1-2-30-21-12-16(11-18(26)24(21)31-14-15-7-4-3-5-8-15)22-17(13-27)25(28)32-20-10-6-9-19(29)23(20)22/h3-5,7-8,11-12,22H,2,6,9-10,14,28H2,1H3/t22-/m0/s1. The lowest BCUT2D eigenvalue weighted by molar-refractivity contribution is -0.116. The minimum Gasteiger partial charge on any atom is -0.490 e. The molecule has 0 amide bonds. The predicted molar refractivity (Wildman–Crippen MR) is 123 cm³/mol. The number of allylic oxidation sites excluding steroid dienone is 3. The predicted octanol–water partition coefficient (Wildman–Crippen LogP) is 5.24. The summed E-state index contributed by atoms with van der Waals surface area (Å²) >= 11 is 3.60. The van der Waals surface area contributed by atoms with Crippen molar-refractivity contribution in [1.82, 2.24) is 0 Å². The molecule has 0 saturated carbocycles. The Bertz CT molecular complexity index is 1150. The lowest BCUT2D eigenvalue weighted by Crippen LogP contribution is -2.27. The third-order valence-corrected chi connectivity index (χ3v) is 6.08. The van der Waals surface area contributed by atoms with Crippen molar-refractivity contribution >= 4 is 21.7 Å². The monoisotopic (exact) mass is 494 g/mol. The number of carbonyl (C=O) groups excluding carboxylic acids is 1. The van der Waals surface area contributed by atoms with Crippen molar-refractivity contribution in [3.63, 3.8) is 0 Å². The molecule has 1 heterocycles. The highest BCUT2D eigenvalue weighted by Crippen LogP contribution is 2.47. The molecule has 0 spiro atoms. The summed E-state index contributed by atoms with van der Waals surface area (Å²) in [6.07, 6.45) is 1.75. The van der Waals surface area contributed by atoms with E-state index in [1.54, 1.807) is 0 Å². The molecule has 1 aliphatic heterocycles. The van der Waals surface area contributed by atoms with Gasteiger partial charge in [-0.05, 0) is 52.5 Å². The van der Waals surface area contributed by atoms with Crippen molar-refractivity contribution in [3.8, 4) is 17.6 Å². The zero-order valence-corrected chi connectivity index (χ0v) is 19.3. The number of halogens is 1. The summed E-state index contributed by atoms with van der Waals surface area (Å²) in [5.74, 6) is 1.07. The lowest BCUT2D eigenvalue weighted by atomic mass is 9.77. The van der Waals surface area contributed by atoms with Crippen molar-refractivity contribution in [3.05, 3.63) is 80.9 Å². The Morgan fingerprint density at radius 1 is 1.22 bits per heavy atom. The van der Waals surface area contributed by atoms with E-state index in [9.17, 15) is 10.1 Å². The van der Waals surface area contributed by atoms with Gasteiger partial charge in [0.1, 0.15) is 24.0 Å². The Morgan fingerprint density at radius 2 is 2.00 bits per heavy atom. The maximum absolute atomic E-state index is 12.8. The van der Waals surface area contributed by atoms with Gasteiger partial charge in [0.15, 0.2) is 17.3 Å². The second kappa shape index (κ2) is 9.49. The van der Waals surface area contributed by atoms with E-state index in [4.69, 9.17) is 19.9 Å². The van der Waals surface area contributed by atoms with Crippen molar-refractivity contribution < 1.29 is 19.0 Å². The van der Waals surface area contributed by atoms with Gasteiger partial charge in [-0.25, -0.2) is 0 Å². The van der Waals surface area contributed by atoms with Gasteiger partial charge >= 0.3 is 0 Å². The molecule has 0 radical (unpaired) electrons. The molecule has 4 rings (SSSR count). The number of Topliss-reactive ketones (excluding diaryl/α,β-unsaturated/α-hetero) is 1. The van der Waals surface area contributed by atoms with E-state index < -0.39 is 5.92 Å². The van der Waals surface area contributed by atoms with Gasteiger partial charge in [0.2, 0.25) is 5.88 Å². The average molecular weight is 495 g/mol. The molecule has 164 valence electrons. The molecular formula is C25H23BrN2O4. The Labute approximate surface area is 195 Å². The number of benzene rings is 2. The normalized spacial score (nSPS) is 18.0. The van der Waals surface area contributed by atoms with Crippen LogP contribution in [0.5, 0.6) is 11.5 Å². The first-order chi connectivity index (χ1) is 15.5. The molecule has 1 aliphatic carbocycles. The molecule has 0 fully saturated rings. The Morgan fingerprint density at radius 3 is 2.72 bits per heavy atom. The van der Waals surface area contributed by atoms with Gasteiger partial charge < -0.3 is 19.9 Å². The topological polar surface area (TPSA) is 94.6 Å². The third kappa shape index (κ3) is 4.23. The second-order valence-corrected chi connectivity index (χ2v) is 8.43. The number of rotatable bonds is 6. The summed E-state index contributed by atoms with van der Waals surface area (Å²) in [4.78, 5) is 12.8. The smallest absolute Gasteiger partial charge is 0.205 e. The fourth-order valence-electron chi connectivity index (χ4n) is 4.08. The van der Waals surface area contributed by atoms with E-state index in [0.29, 0.717) is 59.8 Å². The number of hydrogen-bond donors (Lipinski definition) is 1. The molecule has 0 bridgehead atoms. The number of nitriles is 1. The van der Waals surface area contributed by atoms with Crippen LogP contribution in [0.1, 0.15) is 43.2 Å². The lowest BCUT2D eigenvalue weighted by Gasteiger charge is -2.31. The minimum atomic E-state index is -0.602. The van der Waals surface area contributed by atoms with E-state index in [0.717, 1.165) is 11.1 Å². The number of carbonyl (C=O) groups is 1. The molecule has 2 aromatic rings. The van der Waals surface area contributed by atoms with Crippen LogP contribution in [0.25, 0.3) is 0 Å². The number of hydrogen-bond acceptors (Lipinski definition) is 6. The van der Waals surface area contributed by atoms with E-state index >= 15 is 0 Å². The molecule has 0 saturated heterocycles. The van der Waals surface area contributed by atoms with Gasteiger partial charge in [0.25, 0.3) is 0 Å². The number of nitrogens with zero attached hydrogens (tertiary/aromatic N) is 1. The first-order valence-corrected chi connectivity index (χ1v) is 11.3. The minimum absolute atomic E-state index is 0.0185. The number of ketones is 1. The van der Waals surface area contributed by atoms with Crippen LogP contribution in [0.2, 0.25) is 0 Å². The fraction of sp³-hybridized carbons (Fsp3) is 0.280. The second-order valence-electron chi connectivity index (χ2n) is 7.58. The first-order valence-electron chi connectivity index (χ1n) is 10.5. The molecule has 1 atom stereocenters. The van der Waals surface area contributed by atoms with Gasteiger partial charge in [0, 0.05) is 18.4 Å². The van der Waals surface area contributed by atoms with Crippen LogP contribution in [0, 0.1) is 11.3 Å². The summed E-state index contributed by atoms with van der Waals surface area (Å²) in [6, 6.07) is 15.7. The third-order valence-electron chi connectivity index (χ3n) is 5.50. The SMILES string of the molecule is CCOc1cc([C@H]2C(C#N)=C(N)OC3=C2C(=O)CCC3)cc(Br)c1OCc1ccccc1. The molecule has 7 heteroatoms. The van der Waals surface area contributed by atoms with E-state index in [-0.39, 0.29) is 17.2 Å². The Hall–Kier alpha value is -3.24. The first kappa shape index (κ1) is 22.0. The number of ether oxygens (including phenoxy) is 3. The number of nitrogens with two attached hydrogens (primary N) is 1. The van der Waals surface area contributed by atoms with Gasteiger partial charge in [-0.15, -0.1) is 0 Å². The summed E-state index contributed by atoms with van der Waals surface area (Å²) in [6.45, 7) is 2.70. The molecule has 6 nitrogen and oxygen atoms in total. The zero-order valence-electron chi connectivity index (χ0n) is 17.7. The molecule has 2 N–H and O–H groups in total. The summed E-state index contributed by atoms with van der Waals surface area (Å²) in [5.41, 5.74) is 8.55. The summed E-state index contributed by atoms with van der Waals surface area (Å²) in [7, 11) is 0. The highest BCUT2D eigenvalue weighted by Gasteiger charge is 2.38.